The average molecular weight is 258 g/mol. The maximum atomic E-state index is 10.4. The molecule has 1 aromatic rings. The van der Waals surface area contributed by atoms with E-state index < -0.39 is 5.97 Å². The number of hydrogen-bond donors (Lipinski definition) is 2. The van der Waals surface area contributed by atoms with E-state index in [4.69, 9.17) is 10.8 Å². The second kappa shape index (κ2) is 5.12. The molecular weight excluding hydrogens is 246 g/mol. The van der Waals surface area contributed by atoms with Gasteiger partial charge in [-0.1, -0.05) is 34.1 Å². The number of nitrogens with two attached hydrogens (primary N) is 1. The van der Waals surface area contributed by atoms with E-state index in [0.29, 0.717) is 13.0 Å². The molecule has 0 atom stereocenters. The topological polar surface area (TPSA) is 63.3 Å². The third-order valence-electron chi connectivity index (χ3n) is 1.99. The van der Waals surface area contributed by atoms with Crippen LogP contribution in [-0.4, -0.2) is 11.1 Å². The van der Waals surface area contributed by atoms with Crippen LogP contribution < -0.4 is 5.73 Å². The van der Waals surface area contributed by atoms with Gasteiger partial charge in [0, 0.05) is 17.4 Å². The van der Waals surface area contributed by atoms with Gasteiger partial charge in [-0.05, 0) is 17.5 Å². The molecule has 3 nitrogen and oxygen atoms in total. The summed E-state index contributed by atoms with van der Waals surface area (Å²) >= 11 is 3.42. The maximum Gasteiger partial charge on any atom is 0.303 e. The Labute approximate surface area is 91.1 Å². The molecule has 0 fully saturated rings. The van der Waals surface area contributed by atoms with E-state index in [9.17, 15) is 4.79 Å². The van der Waals surface area contributed by atoms with Crippen molar-refractivity contribution in [1.82, 2.24) is 0 Å². The number of hydrogen-bond acceptors (Lipinski definition) is 2. The Kier molecular flexibility index (Phi) is 4.10. The van der Waals surface area contributed by atoms with Crippen molar-refractivity contribution in [3.05, 3.63) is 33.8 Å². The minimum Gasteiger partial charge on any atom is -0.481 e. The van der Waals surface area contributed by atoms with Crippen LogP contribution in [0.5, 0.6) is 0 Å². The average Bonchev–Trinajstić information content (AvgIpc) is 2.16. The molecule has 0 saturated heterocycles. The van der Waals surface area contributed by atoms with Crippen LogP contribution in [0.4, 0.5) is 0 Å². The van der Waals surface area contributed by atoms with Gasteiger partial charge in [-0.2, -0.15) is 0 Å². The molecule has 0 aliphatic heterocycles. The molecule has 0 aliphatic carbocycles. The summed E-state index contributed by atoms with van der Waals surface area (Å²) in [6, 6.07) is 5.73. The van der Waals surface area contributed by atoms with E-state index in [0.717, 1.165) is 15.6 Å². The van der Waals surface area contributed by atoms with Crippen molar-refractivity contribution < 1.29 is 9.90 Å². The van der Waals surface area contributed by atoms with Crippen molar-refractivity contribution in [2.75, 3.05) is 0 Å². The third kappa shape index (κ3) is 2.82. The predicted octanol–water partition coefficient (Wildman–Crippen LogP) is 1.93. The number of benzene rings is 1. The summed E-state index contributed by atoms with van der Waals surface area (Å²) in [5.41, 5.74) is 7.53. The Bertz CT molecular complexity index is 339. The molecule has 1 aromatic carbocycles. The summed E-state index contributed by atoms with van der Waals surface area (Å²) in [4.78, 5) is 10.4. The molecule has 0 amide bonds. The van der Waals surface area contributed by atoms with Crippen LogP contribution >= 0.6 is 15.9 Å². The summed E-state index contributed by atoms with van der Waals surface area (Å²) in [5.74, 6) is -0.782. The highest BCUT2D eigenvalue weighted by molar-refractivity contribution is 9.10. The Hall–Kier alpha value is -0.870. The molecule has 0 saturated carbocycles. The summed E-state index contributed by atoms with van der Waals surface area (Å²) < 4.78 is 0.934. The number of carbonyl (C=O) groups is 1. The molecular formula is C10H12BrNO2. The molecule has 0 heterocycles. The standard InChI is InChI=1S/C10H12BrNO2/c11-10-7(4-5-9(13)14)2-1-3-8(10)6-12/h1-3H,4-6,12H2,(H,13,14). The summed E-state index contributed by atoms with van der Waals surface area (Å²) in [6.45, 7) is 0.460. The van der Waals surface area contributed by atoms with Gasteiger partial charge in [-0.3, -0.25) is 4.79 Å². The van der Waals surface area contributed by atoms with Crippen LogP contribution in [0.2, 0.25) is 0 Å². The Morgan fingerprint density at radius 2 is 2.07 bits per heavy atom. The Balaban J connectivity index is 2.81. The van der Waals surface area contributed by atoms with Crippen molar-refractivity contribution in [3.63, 3.8) is 0 Å². The SMILES string of the molecule is NCc1cccc(CCC(=O)O)c1Br. The van der Waals surface area contributed by atoms with Crippen LogP contribution in [0, 0.1) is 0 Å². The number of aryl methyl sites for hydroxylation is 1. The van der Waals surface area contributed by atoms with E-state index in [2.05, 4.69) is 15.9 Å². The van der Waals surface area contributed by atoms with Crippen LogP contribution in [0.15, 0.2) is 22.7 Å². The van der Waals surface area contributed by atoms with Gasteiger partial charge in [0.25, 0.3) is 0 Å². The minimum absolute atomic E-state index is 0.145. The molecule has 3 N–H and O–H groups in total. The first-order valence-electron chi connectivity index (χ1n) is 4.33. The highest BCUT2D eigenvalue weighted by Gasteiger charge is 2.05. The van der Waals surface area contributed by atoms with Gasteiger partial charge in [0.2, 0.25) is 0 Å². The summed E-state index contributed by atoms with van der Waals surface area (Å²) in [6.07, 6.45) is 0.677. The zero-order valence-corrected chi connectivity index (χ0v) is 9.25. The lowest BCUT2D eigenvalue weighted by molar-refractivity contribution is -0.136. The van der Waals surface area contributed by atoms with Crippen molar-refractivity contribution in [2.45, 2.75) is 19.4 Å². The largest absolute Gasteiger partial charge is 0.481 e. The van der Waals surface area contributed by atoms with Gasteiger partial charge in [-0.25, -0.2) is 0 Å². The number of aliphatic carboxylic acids is 1. The second-order valence-electron chi connectivity index (χ2n) is 2.99. The zero-order chi connectivity index (χ0) is 10.6. The fourth-order valence-electron chi connectivity index (χ4n) is 1.23. The van der Waals surface area contributed by atoms with Gasteiger partial charge in [0.1, 0.15) is 0 Å². The molecule has 1 rings (SSSR count). The maximum absolute atomic E-state index is 10.4. The van der Waals surface area contributed by atoms with Crippen molar-refractivity contribution >= 4 is 21.9 Å². The van der Waals surface area contributed by atoms with Gasteiger partial charge >= 0.3 is 5.97 Å². The fourth-order valence-corrected chi connectivity index (χ4v) is 1.85. The van der Waals surface area contributed by atoms with Gasteiger partial charge in [-0.15, -0.1) is 0 Å². The van der Waals surface area contributed by atoms with Crippen LogP contribution in [0.3, 0.4) is 0 Å². The van der Waals surface area contributed by atoms with Gasteiger partial charge in [0.15, 0.2) is 0 Å². The molecule has 76 valence electrons. The smallest absolute Gasteiger partial charge is 0.303 e. The summed E-state index contributed by atoms with van der Waals surface area (Å²) in [5, 5.41) is 8.55. The van der Waals surface area contributed by atoms with Crippen LogP contribution in [0.25, 0.3) is 0 Å². The molecule has 0 unspecified atom stereocenters. The van der Waals surface area contributed by atoms with Gasteiger partial charge < -0.3 is 10.8 Å². The summed E-state index contributed by atoms with van der Waals surface area (Å²) in [7, 11) is 0. The van der Waals surface area contributed by atoms with E-state index in [-0.39, 0.29) is 6.42 Å². The first kappa shape index (κ1) is 11.2. The number of rotatable bonds is 4. The van der Waals surface area contributed by atoms with Gasteiger partial charge in [0.05, 0.1) is 0 Å². The fraction of sp³-hybridized carbons (Fsp3) is 0.300. The van der Waals surface area contributed by atoms with Crippen molar-refractivity contribution in [1.29, 1.82) is 0 Å². The van der Waals surface area contributed by atoms with E-state index in [1.807, 2.05) is 18.2 Å². The zero-order valence-electron chi connectivity index (χ0n) is 7.66. The van der Waals surface area contributed by atoms with Crippen LogP contribution in [0.1, 0.15) is 17.5 Å². The number of halogens is 1. The quantitative estimate of drug-likeness (QED) is 0.867. The molecule has 0 radical (unpaired) electrons. The molecule has 0 bridgehead atoms. The molecule has 0 aromatic heterocycles. The lowest BCUT2D eigenvalue weighted by Crippen LogP contribution is -2.02. The molecule has 14 heavy (non-hydrogen) atoms. The van der Waals surface area contributed by atoms with Crippen LogP contribution in [-0.2, 0) is 17.8 Å². The predicted molar refractivity (Wildman–Crippen MR) is 58.0 cm³/mol. The molecule has 0 spiro atoms. The van der Waals surface area contributed by atoms with E-state index in [1.165, 1.54) is 0 Å². The first-order chi connectivity index (χ1) is 6.65. The third-order valence-corrected chi connectivity index (χ3v) is 3.01. The lowest BCUT2D eigenvalue weighted by atomic mass is 10.1. The Morgan fingerprint density at radius 1 is 1.43 bits per heavy atom. The van der Waals surface area contributed by atoms with Crippen molar-refractivity contribution in [2.24, 2.45) is 5.73 Å². The monoisotopic (exact) mass is 257 g/mol. The molecule has 4 heteroatoms. The number of carboxylic acid groups (broad SMARTS) is 1. The second-order valence-corrected chi connectivity index (χ2v) is 3.78. The van der Waals surface area contributed by atoms with Crippen molar-refractivity contribution in [3.8, 4) is 0 Å². The minimum atomic E-state index is -0.782. The normalized spacial score (nSPS) is 10.1. The highest BCUT2D eigenvalue weighted by Crippen LogP contribution is 2.22. The molecule has 0 aliphatic rings. The van der Waals surface area contributed by atoms with E-state index in [1.54, 1.807) is 0 Å². The number of carboxylic acids is 1. The first-order valence-corrected chi connectivity index (χ1v) is 5.12. The Morgan fingerprint density at radius 3 is 2.64 bits per heavy atom. The highest BCUT2D eigenvalue weighted by atomic mass is 79.9. The van der Waals surface area contributed by atoms with E-state index >= 15 is 0 Å². The lowest BCUT2D eigenvalue weighted by Gasteiger charge is -2.06.